The average molecular weight is 287 g/mol. The quantitative estimate of drug-likeness (QED) is 0.650. The van der Waals surface area contributed by atoms with Crippen LogP contribution in [-0.2, 0) is 18.0 Å². The van der Waals surface area contributed by atoms with E-state index in [4.69, 9.17) is 20.3 Å². The number of aliphatic hydroxyl groups is 1. The van der Waals surface area contributed by atoms with Crippen LogP contribution in [0.4, 0.5) is 5.69 Å². The third-order valence-corrected chi connectivity index (χ3v) is 3.05. The summed E-state index contributed by atoms with van der Waals surface area (Å²) < 4.78 is 10.4. The molecule has 2 aromatic carbocycles. The maximum Gasteiger partial charge on any atom is 0.343 e. The number of nitrogen functional groups attached to an aromatic ring is 1. The lowest BCUT2D eigenvalue weighted by Crippen LogP contribution is -2.09. The smallest absolute Gasteiger partial charge is 0.343 e. The molecule has 2 aromatic rings. The van der Waals surface area contributed by atoms with Gasteiger partial charge in [-0.2, -0.15) is 0 Å². The lowest BCUT2D eigenvalue weighted by Gasteiger charge is -2.12. The highest BCUT2D eigenvalue weighted by Gasteiger charge is 2.16. The Balaban J connectivity index is 2.15. The Morgan fingerprint density at radius 3 is 2.43 bits per heavy atom. The number of carbonyl (C=O) groups excluding carboxylic acids is 1. The second-order valence-electron chi connectivity index (χ2n) is 4.48. The monoisotopic (exact) mass is 287 g/mol. The van der Waals surface area contributed by atoms with E-state index in [1.54, 1.807) is 18.2 Å². The number of esters is 1. The summed E-state index contributed by atoms with van der Waals surface area (Å²) in [6.07, 6.45) is 0. The topological polar surface area (TPSA) is 81.8 Å². The molecular formula is C16H17NO4. The van der Waals surface area contributed by atoms with Gasteiger partial charge in [0.2, 0.25) is 0 Å². The van der Waals surface area contributed by atoms with E-state index in [9.17, 15) is 4.79 Å². The zero-order chi connectivity index (χ0) is 15.2. The van der Waals surface area contributed by atoms with Crippen LogP contribution in [0.25, 0.3) is 0 Å². The van der Waals surface area contributed by atoms with Crippen LogP contribution >= 0.6 is 0 Å². The Morgan fingerprint density at radius 2 is 1.81 bits per heavy atom. The van der Waals surface area contributed by atoms with E-state index in [1.807, 2.05) is 24.3 Å². The molecule has 0 heterocycles. The molecule has 3 N–H and O–H groups in total. The molecule has 0 unspecified atom stereocenters. The van der Waals surface area contributed by atoms with Crippen molar-refractivity contribution in [3.63, 3.8) is 0 Å². The van der Waals surface area contributed by atoms with Crippen LogP contribution in [0.1, 0.15) is 21.5 Å². The van der Waals surface area contributed by atoms with E-state index in [2.05, 4.69) is 0 Å². The number of benzene rings is 2. The summed E-state index contributed by atoms with van der Waals surface area (Å²) in [5.74, 6) is -0.146. The number of hydrogen-bond acceptors (Lipinski definition) is 5. The minimum Gasteiger partial charge on any atom is -0.488 e. The molecule has 5 heteroatoms. The lowest BCUT2D eigenvalue weighted by atomic mass is 10.1. The molecule has 0 radical (unpaired) electrons. The first-order valence-corrected chi connectivity index (χ1v) is 6.44. The fourth-order valence-corrected chi connectivity index (χ4v) is 1.89. The fourth-order valence-electron chi connectivity index (χ4n) is 1.89. The van der Waals surface area contributed by atoms with Crippen molar-refractivity contribution in [1.82, 2.24) is 0 Å². The van der Waals surface area contributed by atoms with E-state index >= 15 is 0 Å². The van der Waals surface area contributed by atoms with E-state index in [0.29, 0.717) is 18.0 Å². The molecule has 0 atom stereocenters. The summed E-state index contributed by atoms with van der Waals surface area (Å²) in [6.45, 7) is 0.294. The number of nitrogens with two attached hydrogens (primary N) is 1. The predicted octanol–water partition coefficient (Wildman–Crippen LogP) is 2.13. The van der Waals surface area contributed by atoms with Crippen molar-refractivity contribution in [3.05, 3.63) is 59.2 Å². The Labute approximate surface area is 122 Å². The normalized spacial score (nSPS) is 10.2. The van der Waals surface area contributed by atoms with E-state index in [1.165, 1.54) is 7.11 Å². The Morgan fingerprint density at radius 1 is 1.14 bits per heavy atom. The summed E-state index contributed by atoms with van der Waals surface area (Å²) in [4.78, 5) is 11.7. The number of ether oxygens (including phenoxy) is 2. The number of carbonyl (C=O) groups is 1. The Bertz CT molecular complexity index is 623. The van der Waals surface area contributed by atoms with E-state index in [0.717, 1.165) is 11.1 Å². The molecule has 110 valence electrons. The minimum atomic E-state index is -0.529. The Kier molecular flexibility index (Phi) is 4.79. The van der Waals surface area contributed by atoms with Gasteiger partial charge < -0.3 is 20.3 Å². The molecule has 0 saturated heterocycles. The fraction of sp³-hybridized carbons (Fsp3) is 0.188. The van der Waals surface area contributed by atoms with Gasteiger partial charge in [0.05, 0.1) is 13.7 Å². The lowest BCUT2D eigenvalue weighted by molar-refractivity contribution is 0.0597. The maximum absolute atomic E-state index is 11.7. The van der Waals surface area contributed by atoms with Crippen LogP contribution in [0.5, 0.6) is 5.75 Å². The zero-order valence-corrected chi connectivity index (χ0v) is 11.7. The van der Waals surface area contributed by atoms with Crippen molar-refractivity contribution in [2.75, 3.05) is 12.8 Å². The number of aliphatic hydroxyl groups excluding tert-OH is 1. The molecule has 5 nitrogen and oxygen atoms in total. The van der Waals surface area contributed by atoms with Crippen LogP contribution in [-0.4, -0.2) is 18.2 Å². The summed E-state index contributed by atoms with van der Waals surface area (Å²) in [6, 6.07) is 12.4. The van der Waals surface area contributed by atoms with Crippen LogP contribution in [0.15, 0.2) is 42.5 Å². The molecule has 0 aliphatic heterocycles. The van der Waals surface area contributed by atoms with Crippen molar-refractivity contribution >= 4 is 11.7 Å². The number of hydrogen-bond donors (Lipinski definition) is 2. The highest BCUT2D eigenvalue weighted by molar-refractivity contribution is 5.98. The molecule has 21 heavy (non-hydrogen) atoms. The molecule has 0 aliphatic carbocycles. The van der Waals surface area contributed by atoms with Crippen molar-refractivity contribution in [2.45, 2.75) is 13.2 Å². The molecule has 0 fully saturated rings. The number of anilines is 1. The van der Waals surface area contributed by atoms with Crippen molar-refractivity contribution in [3.8, 4) is 5.75 Å². The van der Waals surface area contributed by atoms with Crippen molar-refractivity contribution in [2.24, 2.45) is 0 Å². The summed E-state index contributed by atoms with van der Waals surface area (Å²) in [5.41, 5.74) is 8.09. The molecule has 0 bridgehead atoms. The van der Waals surface area contributed by atoms with Crippen LogP contribution in [0.2, 0.25) is 0 Å². The third kappa shape index (κ3) is 3.52. The van der Waals surface area contributed by atoms with Gasteiger partial charge in [-0.25, -0.2) is 4.79 Å². The van der Waals surface area contributed by atoms with Gasteiger partial charge >= 0.3 is 5.97 Å². The number of methoxy groups -OCH3 is 1. The van der Waals surface area contributed by atoms with Gasteiger partial charge in [-0.05, 0) is 23.3 Å². The SMILES string of the molecule is COC(=O)c1c(N)cccc1OCc1ccc(CO)cc1. The van der Waals surface area contributed by atoms with Crippen molar-refractivity contribution in [1.29, 1.82) is 0 Å². The van der Waals surface area contributed by atoms with Gasteiger partial charge in [0.15, 0.2) is 0 Å². The molecule has 0 spiro atoms. The van der Waals surface area contributed by atoms with Crippen molar-refractivity contribution < 1.29 is 19.4 Å². The molecule has 0 amide bonds. The Hall–Kier alpha value is -2.53. The van der Waals surface area contributed by atoms with Gasteiger partial charge in [-0.3, -0.25) is 0 Å². The van der Waals surface area contributed by atoms with Crippen LogP contribution < -0.4 is 10.5 Å². The second kappa shape index (κ2) is 6.76. The predicted molar refractivity (Wildman–Crippen MR) is 78.9 cm³/mol. The van der Waals surface area contributed by atoms with Crippen LogP contribution in [0, 0.1) is 0 Å². The molecule has 0 aromatic heterocycles. The summed E-state index contributed by atoms with van der Waals surface area (Å²) in [5, 5.41) is 9.00. The minimum absolute atomic E-state index is 0.00282. The highest BCUT2D eigenvalue weighted by atomic mass is 16.5. The highest BCUT2D eigenvalue weighted by Crippen LogP contribution is 2.26. The van der Waals surface area contributed by atoms with Gasteiger partial charge in [0.25, 0.3) is 0 Å². The second-order valence-corrected chi connectivity index (χ2v) is 4.48. The summed E-state index contributed by atoms with van der Waals surface area (Å²) >= 11 is 0. The molecule has 0 saturated carbocycles. The maximum atomic E-state index is 11.7. The standard InChI is InChI=1S/C16H17NO4/c1-20-16(19)15-13(17)3-2-4-14(15)21-10-12-7-5-11(9-18)6-8-12/h2-8,18H,9-10,17H2,1H3. The first kappa shape index (κ1) is 14.9. The molecule has 0 aliphatic rings. The summed E-state index contributed by atoms with van der Waals surface area (Å²) in [7, 11) is 1.30. The zero-order valence-electron chi connectivity index (χ0n) is 11.7. The third-order valence-electron chi connectivity index (χ3n) is 3.05. The van der Waals surface area contributed by atoms with Gasteiger partial charge in [-0.15, -0.1) is 0 Å². The first-order chi connectivity index (χ1) is 10.2. The molecular weight excluding hydrogens is 270 g/mol. The number of rotatable bonds is 5. The van der Waals surface area contributed by atoms with Gasteiger partial charge in [0, 0.05) is 5.69 Å². The largest absolute Gasteiger partial charge is 0.488 e. The van der Waals surface area contributed by atoms with Gasteiger partial charge in [-0.1, -0.05) is 30.3 Å². The van der Waals surface area contributed by atoms with Gasteiger partial charge in [0.1, 0.15) is 17.9 Å². The van der Waals surface area contributed by atoms with E-state index in [-0.39, 0.29) is 12.2 Å². The first-order valence-electron chi connectivity index (χ1n) is 6.44. The average Bonchev–Trinajstić information content (AvgIpc) is 2.52. The van der Waals surface area contributed by atoms with E-state index < -0.39 is 5.97 Å². The van der Waals surface area contributed by atoms with Crippen LogP contribution in [0.3, 0.4) is 0 Å². The molecule has 2 rings (SSSR count).